The number of hydrogen-bond donors (Lipinski definition) is 3. The van der Waals surface area contributed by atoms with Gasteiger partial charge in [-0.25, -0.2) is 9.69 Å². The van der Waals surface area contributed by atoms with Crippen molar-refractivity contribution in [3.63, 3.8) is 0 Å². The van der Waals surface area contributed by atoms with Gasteiger partial charge in [0.25, 0.3) is 17.7 Å². The first kappa shape index (κ1) is 24.2. The van der Waals surface area contributed by atoms with Gasteiger partial charge in [0, 0.05) is 5.69 Å². The fraction of sp³-hybridized carbons (Fsp3) is 0.111. The smallest absolute Gasteiger partial charge is 0.335 e. The maximum atomic E-state index is 12.9. The van der Waals surface area contributed by atoms with Crippen LogP contribution in [0.2, 0.25) is 0 Å². The molecule has 0 bridgehead atoms. The third-order valence-corrected chi connectivity index (χ3v) is 5.65. The quantitative estimate of drug-likeness (QED) is 0.361. The van der Waals surface area contributed by atoms with Gasteiger partial charge in [-0.3, -0.25) is 19.7 Å². The maximum absolute atomic E-state index is 12.9. The van der Waals surface area contributed by atoms with Crippen LogP contribution in [0.3, 0.4) is 0 Å². The lowest BCUT2D eigenvalue weighted by molar-refractivity contribution is -0.122. The number of carbonyl (C=O) groups is 4. The average molecular weight is 485 g/mol. The molecule has 3 N–H and O–H groups in total. The number of hydrogen-bond acceptors (Lipinski definition) is 6. The molecule has 0 aromatic heterocycles. The van der Waals surface area contributed by atoms with Crippen molar-refractivity contribution in [3.8, 4) is 11.5 Å². The number of amides is 5. The molecule has 0 spiro atoms. The Hall–Kier alpha value is -4.92. The number of aryl methyl sites for hydroxylation is 1. The highest BCUT2D eigenvalue weighted by atomic mass is 16.5. The largest absolute Gasteiger partial charge is 0.508 e. The van der Waals surface area contributed by atoms with Crippen LogP contribution in [0, 0.1) is 13.8 Å². The summed E-state index contributed by atoms with van der Waals surface area (Å²) in [5, 5.41) is 14.4. The molecule has 9 heteroatoms. The molecule has 9 nitrogen and oxygen atoms in total. The predicted octanol–water partition coefficient (Wildman–Crippen LogP) is 3.69. The van der Waals surface area contributed by atoms with Crippen molar-refractivity contribution in [2.45, 2.75) is 13.8 Å². The number of nitrogens with zero attached hydrogens (tertiary/aromatic N) is 1. The molecule has 1 fully saturated rings. The van der Waals surface area contributed by atoms with Crippen LogP contribution in [0.5, 0.6) is 11.5 Å². The van der Waals surface area contributed by atoms with Gasteiger partial charge >= 0.3 is 6.03 Å². The molecule has 5 amide bonds. The summed E-state index contributed by atoms with van der Waals surface area (Å²) in [7, 11) is 0. The lowest BCUT2D eigenvalue weighted by atomic mass is 10.1. The summed E-state index contributed by atoms with van der Waals surface area (Å²) in [5.74, 6) is -1.52. The zero-order valence-electron chi connectivity index (χ0n) is 19.6. The van der Waals surface area contributed by atoms with E-state index < -0.39 is 17.8 Å². The number of barbiturate groups is 1. The maximum Gasteiger partial charge on any atom is 0.335 e. The molecule has 0 saturated carbocycles. The van der Waals surface area contributed by atoms with E-state index >= 15 is 0 Å². The van der Waals surface area contributed by atoms with Crippen LogP contribution in [-0.2, 0) is 14.4 Å². The van der Waals surface area contributed by atoms with E-state index in [1.165, 1.54) is 30.3 Å². The molecule has 3 aromatic carbocycles. The lowest BCUT2D eigenvalue weighted by Gasteiger charge is -2.26. The summed E-state index contributed by atoms with van der Waals surface area (Å²) in [5.41, 5.74) is 3.26. The summed E-state index contributed by atoms with van der Waals surface area (Å²) < 4.78 is 5.54. The molecule has 4 rings (SSSR count). The standard InChI is InChI=1S/C27H23N3O6/c1-16-4-3-5-23(17(16)2)28-24(32)15-36-21-12-6-18(7-13-21)14-22-25(33)29-27(35)30(26(22)34)19-8-10-20(31)11-9-19/h3-14,31H,15H2,1-2H3,(H,28,32)(H,29,33,35)/b22-14-. The third-order valence-electron chi connectivity index (χ3n) is 5.65. The Morgan fingerprint density at radius 2 is 1.69 bits per heavy atom. The first-order valence-electron chi connectivity index (χ1n) is 11.0. The summed E-state index contributed by atoms with van der Waals surface area (Å²) in [6.45, 7) is 3.69. The van der Waals surface area contributed by atoms with Gasteiger partial charge in [-0.2, -0.15) is 0 Å². The van der Waals surface area contributed by atoms with Gasteiger partial charge in [0.1, 0.15) is 17.1 Å². The van der Waals surface area contributed by atoms with Crippen LogP contribution in [0.1, 0.15) is 16.7 Å². The first-order valence-corrected chi connectivity index (χ1v) is 11.0. The second-order valence-electron chi connectivity index (χ2n) is 8.13. The Labute approximate surface area is 207 Å². The zero-order chi connectivity index (χ0) is 25.8. The summed E-state index contributed by atoms with van der Waals surface area (Å²) in [6.07, 6.45) is 1.36. The van der Waals surface area contributed by atoms with Crippen LogP contribution in [0.15, 0.2) is 72.3 Å². The van der Waals surface area contributed by atoms with Crippen molar-refractivity contribution in [2.24, 2.45) is 0 Å². The van der Waals surface area contributed by atoms with Crippen molar-refractivity contribution in [2.75, 3.05) is 16.8 Å². The van der Waals surface area contributed by atoms with E-state index in [9.17, 15) is 24.3 Å². The number of anilines is 2. The highest BCUT2D eigenvalue weighted by Gasteiger charge is 2.36. The summed E-state index contributed by atoms with van der Waals surface area (Å²) in [4.78, 5) is 50.6. The van der Waals surface area contributed by atoms with E-state index in [0.29, 0.717) is 11.3 Å². The van der Waals surface area contributed by atoms with Crippen LogP contribution in [-0.4, -0.2) is 35.5 Å². The van der Waals surface area contributed by atoms with Crippen molar-refractivity contribution < 1.29 is 29.0 Å². The molecule has 3 aromatic rings. The van der Waals surface area contributed by atoms with Crippen molar-refractivity contribution >= 4 is 41.2 Å². The molecule has 182 valence electrons. The van der Waals surface area contributed by atoms with Crippen molar-refractivity contribution in [3.05, 3.63) is 89.0 Å². The highest BCUT2D eigenvalue weighted by Crippen LogP contribution is 2.24. The van der Waals surface area contributed by atoms with E-state index in [1.54, 1.807) is 24.3 Å². The fourth-order valence-corrected chi connectivity index (χ4v) is 3.54. The Kier molecular flexibility index (Phi) is 6.82. The number of carbonyl (C=O) groups excluding carboxylic acids is 4. The van der Waals surface area contributed by atoms with E-state index in [-0.39, 0.29) is 29.5 Å². The fourth-order valence-electron chi connectivity index (χ4n) is 3.54. The molecule has 0 unspecified atom stereocenters. The van der Waals surface area contributed by atoms with E-state index in [1.807, 2.05) is 32.0 Å². The molecule has 0 aliphatic carbocycles. The Morgan fingerprint density at radius 1 is 1.00 bits per heavy atom. The minimum atomic E-state index is -0.879. The molecule has 1 aliphatic heterocycles. The number of imide groups is 2. The first-order chi connectivity index (χ1) is 17.2. The SMILES string of the molecule is Cc1cccc(NC(=O)COc2ccc(/C=C3/C(=O)NC(=O)N(c4ccc(O)cc4)C3=O)cc2)c1C. The van der Waals surface area contributed by atoms with Gasteiger partial charge in [-0.05, 0) is 79.1 Å². The number of ether oxygens (including phenoxy) is 1. The minimum absolute atomic E-state index is 0.0273. The topological polar surface area (TPSA) is 125 Å². The third kappa shape index (κ3) is 5.25. The number of rotatable bonds is 6. The van der Waals surface area contributed by atoms with Gasteiger partial charge in [0.2, 0.25) is 0 Å². The van der Waals surface area contributed by atoms with Crippen molar-refractivity contribution in [1.29, 1.82) is 0 Å². The molecular formula is C27H23N3O6. The monoisotopic (exact) mass is 485 g/mol. The molecule has 1 heterocycles. The molecular weight excluding hydrogens is 462 g/mol. The van der Waals surface area contributed by atoms with Gasteiger partial charge in [-0.15, -0.1) is 0 Å². The lowest BCUT2D eigenvalue weighted by Crippen LogP contribution is -2.54. The Bertz CT molecular complexity index is 1380. The second-order valence-corrected chi connectivity index (χ2v) is 8.13. The van der Waals surface area contributed by atoms with Gasteiger partial charge < -0.3 is 15.2 Å². The van der Waals surface area contributed by atoms with Crippen LogP contribution >= 0.6 is 0 Å². The number of phenolic OH excluding ortho intramolecular Hbond substituents is 1. The zero-order valence-corrected chi connectivity index (χ0v) is 19.6. The van der Waals surface area contributed by atoms with E-state index in [2.05, 4.69) is 10.6 Å². The number of aromatic hydroxyl groups is 1. The molecule has 36 heavy (non-hydrogen) atoms. The highest BCUT2D eigenvalue weighted by molar-refractivity contribution is 6.39. The molecule has 0 radical (unpaired) electrons. The van der Waals surface area contributed by atoms with Crippen LogP contribution in [0.25, 0.3) is 6.08 Å². The Morgan fingerprint density at radius 3 is 2.39 bits per heavy atom. The number of nitrogens with one attached hydrogen (secondary N) is 2. The van der Waals surface area contributed by atoms with E-state index in [0.717, 1.165) is 21.7 Å². The van der Waals surface area contributed by atoms with Gasteiger partial charge in [-0.1, -0.05) is 24.3 Å². The van der Waals surface area contributed by atoms with Crippen molar-refractivity contribution in [1.82, 2.24) is 5.32 Å². The number of benzene rings is 3. The molecule has 1 saturated heterocycles. The molecule has 0 atom stereocenters. The van der Waals surface area contributed by atoms with Crippen LogP contribution in [0.4, 0.5) is 16.2 Å². The number of phenols is 1. The van der Waals surface area contributed by atoms with Gasteiger partial charge in [0.15, 0.2) is 6.61 Å². The Balaban J connectivity index is 1.43. The predicted molar refractivity (Wildman–Crippen MR) is 134 cm³/mol. The normalized spacial score (nSPS) is 14.6. The van der Waals surface area contributed by atoms with E-state index in [4.69, 9.17) is 4.74 Å². The van der Waals surface area contributed by atoms with Crippen LogP contribution < -0.4 is 20.3 Å². The minimum Gasteiger partial charge on any atom is -0.508 e. The summed E-state index contributed by atoms with van der Waals surface area (Å²) in [6, 6.07) is 16.7. The number of urea groups is 1. The molecule has 1 aliphatic rings. The van der Waals surface area contributed by atoms with Gasteiger partial charge in [0.05, 0.1) is 5.69 Å². The second kappa shape index (κ2) is 10.1. The average Bonchev–Trinajstić information content (AvgIpc) is 2.85. The summed E-state index contributed by atoms with van der Waals surface area (Å²) >= 11 is 0.